The molecule has 0 unspecified atom stereocenters. The Hall–Kier alpha value is -2.72. The van der Waals surface area contributed by atoms with Gasteiger partial charge in [-0.05, 0) is 25.1 Å². The number of fused-ring (bicyclic) bond motifs is 2. The van der Waals surface area contributed by atoms with Crippen LogP contribution in [0.25, 0.3) is 21.4 Å². The second kappa shape index (κ2) is 6.30. The van der Waals surface area contributed by atoms with Crippen molar-refractivity contribution in [3.05, 3.63) is 29.5 Å². The van der Waals surface area contributed by atoms with Crippen LogP contribution in [-0.2, 0) is 4.79 Å². The Balaban J connectivity index is 1.46. The molecule has 126 valence electrons. The van der Waals surface area contributed by atoms with E-state index in [-0.39, 0.29) is 17.6 Å². The molecule has 0 fully saturated rings. The summed E-state index contributed by atoms with van der Waals surface area (Å²) in [6.07, 6.45) is 1.52. The summed E-state index contributed by atoms with van der Waals surface area (Å²) in [5.74, 6) is 0.187. The first-order valence-corrected chi connectivity index (χ1v) is 9.15. The Kier molecular flexibility index (Phi) is 3.98. The number of nitrogens with zero attached hydrogens (tertiary/aromatic N) is 4. The van der Waals surface area contributed by atoms with Gasteiger partial charge in [-0.1, -0.05) is 11.8 Å². The van der Waals surface area contributed by atoms with Crippen molar-refractivity contribution in [2.24, 2.45) is 0 Å². The zero-order valence-electron chi connectivity index (χ0n) is 13.1. The van der Waals surface area contributed by atoms with Crippen molar-refractivity contribution < 1.29 is 4.79 Å². The van der Waals surface area contributed by atoms with Crippen LogP contribution in [0.4, 0.5) is 11.6 Å². The van der Waals surface area contributed by atoms with Crippen molar-refractivity contribution >= 4 is 62.0 Å². The molecular formula is C15H13N7OS2. The van der Waals surface area contributed by atoms with Crippen molar-refractivity contribution in [1.82, 2.24) is 24.9 Å². The molecule has 10 heteroatoms. The number of nitrogens with one attached hydrogen (secondary N) is 2. The van der Waals surface area contributed by atoms with Gasteiger partial charge in [-0.25, -0.2) is 15.0 Å². The number of nitrogen functional groups attached to an aromatic ring is 1. The maximum absolute atomic E-state index is 12.2. The summed E-state index contributed by atoms with van der Waals surface area (Å²) in [6, 6.07) is 5.71. The topological polar surface area (TPSA) is 122 Å². The van der Waals surface area contributed by atoms with E-state index in [9.17, 15) is 4.79 Å². The zero-order chi connectivity index (χ0) is 17.4. The quantitative estimate of drug-likeness (QED) is 0.372. The zero-order valence-corrected chi connectivity index (χ0v) is 14.7. The Bertz CT molecular complexity index is 1090. The SMILES string of the molecule is Cc1nc2cc(NC(=O)CSc3nc(N)nc4nc[nH]c34)ccc2s1. The lowest BCUT2D eigenvalue weighted by Gasteiger charge is -2.05. The van der Waals surface area contributed by atoms with Gasteiger partial charge in [-0.3, -0.25) is 4.79 Å². The molecular weight excluding hydrogens is 358 g/mol. The number of carbonyl (C=O) groups excluding carboxylic acids is 1. The van der Waals surface area contributed by atoms with Gasteiger partial charge >= 0.3 is 0 Å². The monoisotopic (exact) mass is 371 g/mol. The molecule has 4 rings (SSSR count). The number of imidazole rings is 1. The van der Waals surface area contributed by atoms with Crippen molar-refractivity contribution in [2.45, 2.75) is 11.9 Å². The molecule has 4 aromatic rings. The Morgan fingerprint density at radius 2 is 2.24 bits per heavy atom. The number of carbonyl (C=O) groups is 1. The molecule has 25 heavy (non-hydrogen) atoms. The van der Waals surface area contributed by atoms with E-state index < -0.39 is 0 Å². The third kappa shape index (κ3) is 3.26. The molecule has 0 saturated carbocycles. The van der Waals surface area contributed by atoms with E-state index in [0.717, 1.165) is 20.9 Å². The van der Waals surface area contributed by atoms with E-state index in [2.05, 4.69) is 30.2 Å². The van der Waals surface area contributed by atoms with Gasteiger partial charge in [0.15, 0.2) is 5.65 Å². The molecule has 0 aliphatic carbocycles. The number of H-pyrrole nitrogens is 1. The van der Waals surface area contributed by atoms with Gasteiger partial charge in [0.25, 0.3) is 0 Å². The molecule has 3 heterocycles. The van der Waals surface area contributed by atoms with Gasteiger partial charge in [0.1, 0.15) is 10.5 Å². The third-order valence-corrected chi connectivity index (χ3v) is 5.32. The van der Waals surface area contributed by atoms with Crippen LogP contribution in [0, 0.1) is 6.92 Å². The van der Waals surface area contributed by atoms with Crippen LogP contribution in [-0.4, -0.2) is 36.6 Å². The number of rotatable bonds is 4. The first kappa shape index (κ1) is 15.8. The van der Waals surface area contributed by atoms with E-state index in [1.54, 1.807) is 11.3 Å². The number of anilines is 2. The molecule has 0 aliphatic heterocycles. The lowest BCUT2D eigenvalue weighted by Crippen LogP contribution is -2.14. The minimum Gasteiger partial charge on any atom is -0.368 e. The average Bonchev–Trinajstić information content (AvgIpc) is 3.17. The number of aryl methyl sites for hydroxylation is 1. The lowest BCUT2D eigenvalue weighted by atomic mass is 10.3. The van der Waals surface area contributed by atoms with Crippen LogP contribution < -0.4 is 11.1 Å². The van der Waals surface area contributed by atoms with E-state index >= 15 is 0 Å². The molecule has 0 radical (unpaired) electrons. The Morgan fingerprint density at radius 1 is 1.36 bits per heavy atom. The molecule has 0 bridgehead atoms. The average molecular weight is 371 g/mol. The van der Waals surface area contributed by atoms with Gasteiger partial charge in [-0.15, -0.1) is 11.3 Å². The smallest absolute Gasteiger partial charge is 0.234 e. The minimum atomic E-state index is -0.138. The number of amides is 1. The molecule has 0 saturated heterocycles. The highest BCUT2D eigenvalue weighted by Gasteiger charge is 2.12. The molecule has 0 aliphatic rings. The summed E-state index contributed by atoms with van der Waals surface area (Å²) in [6.45, 7) is 1.96. The highest BCUT2D eigenvalue weighted by molar-refractivity contribution is 8.00. The molecule has 3 aromatic heterocycles. The molecule has 1 amide bonds. The van der Waals surface area contributed by atoms with Gasteiger partial charge in [-0.2, -0.15) is 4.98 Å². The first-order valence-electron chi connectivity index (χ1n) is 7.35. The van der Waals surface area contributed by atoms with Crippen molar-refractivity contribution in [1.29, 1.82) is 0 Å². The van der Waals surface area contributed by atoms with Crippen LogP contribution in [0.15, 0.2) is 29.6 Å². The molecule has 8 nitrogen and oxygen atoms in total. The van der Waals surface area contributed by atoms with E-state index in [1.165, 1.54) is 18.1 Å². The number of thioether (sulfide) groups is 1. The van der Waals surface area contributed by atoms with Crippen molar-refractivity contribution in [3.63, 3.8) is 0 Å². The second-order valence-electron chi connectivity index (χ2n) is 5.24. The number of thiazole rings is 1. The minimum absolute atomic E-state index is 0.131. The Labute approximate surface area is 150 Å². The summed E-state index contributed by atoms with van der Waals surface area (Å²) in [5.41, 5.74) is 8.44. The third-order valence-electron chi connectivity index (χ3n) is 3.39. The fourth-order valence-electron chi connectivity index (χ4n) is 2.38. The summed E-state index contributed by atoms with van der Waals surface area (Å²) in [5, 5.41) is 4.47. The Morgan fingerprint density at radius 3 is 3.12 bits per heavy atom. The van der Waals surface area contributed by atoms with Crippen LogP contribution >= 0.6 is 23.1 Å². The number of nitrogens with two attached hydrogens (primary N) is 1. The van der Waals surface area contributed by atoms with Gasteiger partial charge in [0.2, 0.25) is 11.9 Å². The highest BCUT2D eigenvalue weighted by Crippen LogP contribution is 2.26. The number of aromatic nitrogens is 5. The number of aromatic amines is 1. The maximum Gasteiger partial charge on any atom is 0.234 e. The van der Waals surface area contributed by atoms with Gasteiger partial charge < -0.3 is 16.0 Å². The second-order valence-corrected chi connectivity index (χ2v) is 7.44. The molecule has 0 atom stereocenters. The van der Waals surface area contributed by atoms with Crippen molar-refractivity contribution in [2.75, 3.05) is 16.8 Å². The fourth-order valence-corrected chi connectivity index (χ4v) is 3.98. The number of benzene rings is 1. The number of hydrogen-bond donors (Lipinski definition) is 3. The van der Waals surface area contributed by atoms with Crippen LogP contribution in [0.2, 0.25) is 0 Å². The van der Waals surface area contributed by atoms with E-state index in [0.29, 0.717) is 16.2 Å². The first-order chi connectivity index (χ1) is 12.1. The summed E-state index contributed by atoms with van der Waals surface area (Å²) in [7, 11) is 0. The summed E-state index contributed by atoms with van der Waals surface area (Å²) in [4.78, 5) is 31.9. The van der Waals surface area contributed by atoms with Crippen LogP contribution in [0.1, 0.15) is 5.01 Å². The summed E-state index contributed by atoms with van der Waals surface area (Å²) >= 11 is 2.90. The molecule has 4 N–H and O–H groups in total. The van der Waals surface area contributed by atoms with Crippen LogP contribution in [0.3, 0.4) is 0 Å². The predicted molar refractivity (Wildman–Crippen MR) is 99.8 cm³/mol. The maximum atomic E-state index is 12.2. The van der Waals surface area contributed by atoms with Gasteiger partial charge in [0.05, 0.1) is 27.3 Å². The molecule has 1 aromatic carbocycles. The largest absolute Gasteiger partial charge is 0.368 e. The fraction of sp³-hybridized carbons (Fsp3) is 0.133. The molecule has 0 spiro atoms. The number of hydrogen-bond acceptors (Lipinski definition) is 8. The van der Waals surface area contributed by atoms with Gasteiger partial charge in [0, 0.05) is 5.69 Å². The lowest BCUT2D eigenvalue weighted by molar-refractivity contribution is -0.113. The van der Waals surface area contributed by atoms with E-state index in [4.69, 9.17) is 5.73 Å². The summed E-state index contributed by atoms with van der Waals surface area (Å²) < 4.78 is 1.10. The van der Waals surface area contributed by atoms with E-state index in [1.807, 2.05) is 25.1 Å². The van der Waals surface area contributed by atoms with Crippen molar-refractivity contribution in [3.8, 4) is 0 Å². The van der Waals surface area contributed by atoms with Crippen LogP contribution in [0.5, 0.6) is 0 Å². The standard InChI is InChI=1S/C15H13N7OS2/c1-7-19-9-4-8(2-3-10(9)25-7)20-11(23)5-24-14-12-13(18-6-17-12)21-15(16)22-14/h2-4,6H,5H2,1H3,(H,20,23)(H3,16,17,18,21,22). The predicted octanol–water partition coefficient (Wildman–Crippen LogP) is 2.58. The highest BCUT2D eigenvalue weighted by atomic mass is 32.2. The normalized spacial score (nSPS) is 11.2.